The Kier molecular flexibility index (Phi) is 6.18. The van der Waals surface area contributed by atoms with Gasteiger partial charge < -0.3 is 0 Å². The molecule has 0 fully saturated rings. The predicted octanol–water partition coefficient (Wildman–Crippen LogP) is 9.24. The average Bonchev–Trinajstić information content (AvgIpc) is 2.80. The van der Waals surface area contributed by atoms with Gasteiger partial charge in [0, 0.05) is 0 Å². The van der Waals surface area contributed by atoms with E-state index in [9.17, 15) is 0 Å². The van der Waals surface area contributed by atoms with Crippen LogP contribution in [0.4, 0.5) is 0 Å². The van der Waals surface area contributed by atoms with Crippen molar-refractivity contribution in [1.82, 2.24) is 0 Å². The monoisotopic (exact) mass is 402 g/mol. The maximum Gasteiger partial charge on any atom is -0.0105 e. The molecule has 0 saturated carbocycles. The molecule has 0 nitrogen and oxygen atoms in total. The van der Waals surface area contributed by atoms with Crippen molar-refractivity contribution in [3.8, 4) is 22.3 Å². The van der Waals surface area contributed by atoms with E-state index in [1.54, 1.807) is 0 Å². The number of hydrogen-bond donors (Lipinski definition) is 0. The maximum atomic E-state index is 2.36. The first-order valence-electron chi connectivity index (χ1n) is 11.1. The molecule has 0 radical (unpaired) electrons. The van der Waals surface area contributed by atoms with E-state index < -0.39 is 0 Å². The molecule has 0 aliphatic rings. The van der Waals surface area contributed by atoms with Crippen molar-refractivity contribution >= 4 is 16.3 Å². The van der Waals surface area contributed by atoms with E-state index in [4.69, 9.17) is 0 Å². The first kappa shape index (κ1) is 20.9. The van der Waals surface area contributed by atoms with E-state index in [1.807, 2.05) is 0 Å². The van der Waals surface area contributed by atoms with E-state index in [0.717, 1.165) is 6.42 Å². The summed E-state index contributed by atoms with van der Waals surface area (Å²) in [6.45, 7) is 8.79. The van der Waals surface area contributed by atoms with Gasteiger partial charge in [-0.1, -0.05) is 97.4 Å². The standard InChI is InChI=1S/C31H30/c1-5-6-14-28(22(2)3)31-21-27(17-16-23(31)4)29-15-10-13-26-20-25(18-19-30(26)29)24-11-8-7-9-12-24/h6-21H,5H2,1-4H3/b14-6-. The molecule has 0 heterocycles. The summed E-state index contributed by atoms with van der Waals surface area (Å²) in [5.74, 6) is 0. The Morgan fingerprint density at radius 2 is 1.52 bits per heavy atom. The van der Waals surface area contributed by atoms with Crippen LogP contribution >= 0.6 is 0 Å². The summed E-state index contributed by atoms with van der Waals surface area (Å²) in [5.41, 5.74) is 10.4. The molecule has 0 atom stereocenters. The third-order valence-corrected chi connectivity index (χ3v) is 5.89. The van der Waals surface area contributed by atoms with Crippen LogP contribution in [0.5, 0.6) is 0 Å². The first-order chi connectivity index (χ1) is 15.1. The number of fused-ring (bicyclic) bond motifs is 1. The molecule has 0 aliphatic heterocycles. The van der Waals surface area contributed by atoms with Gasteiger partial charge in [-0.2, -0.15) is 0 Å². The van der Waals surface area contributed by atoms with Crippen LogP contribution in [0.25, 0.3) is 38.6 Å². The lowest BCUT2D eigenvalue weighted by Crippen LogP contribution is -1.92. The molecule has 0 bridgehead atoms. The topological polar surface area (TPSA) is 0 Å². The Morgan fingerprint density at radius 3 is 2.26 bits per heavy atom. The lowest BCUT2D eigenvalue weighted by atomic mass is 9.90. The van der Waals surface area contributed by atoms with Gasteiger partial charge in [0.15, 0.2) is 0 Å². The summed E-state index contributed by atoms with van der Waals surface area (Å²) < 4.78 is 0. The Hall–Kier alpha value is -3.38. The van der Waals surface area contributed by atoms with Crippen LogP contribution in [-0.4, -0.2) is 0 Å². The zero-order valence-corrected chi connectivity index (χ0v) is 18.9. The molecule has 0 heteroatoms. The fourth-order valence-electron chi connectivity index (χ4n) is 4.19. The maximum absolute atomic E-state index is 2.36. The van der Waals surface area contributed by atoms with Crippen molar-refractivity contribution in [3.05, 3.63) is 114 Å². The summed E-state index contributed by atoms with van der Waals surface area (Å²) >= 11 is 0. The van der Waals surface area contributed by atoms with Crippen molar-refractivity contribution in [3.63, 3.8) is 0 Å². The van der Waals surface area contributed by atoms with Gasteiger partial charge in [-0.15, -0.1) is 0 Å². The lowest BCUT2D eigenvalue weighted by molar-refractivity contribution is 1.22. The summed E-state index contributed by atoms with van der Waals surface area (Å²) in [4.78, 5) is 0. The van der Waals surface area contributed by atoms with Gasteiger partial charge in [0.05, 0.1) is 0 Å². The fourth-order valence-corrected chi connectivity index (χ4v) is 4.19. The number of benzene rings is 4. The van der Waals surface area contributed by atoms with Gasteiger partial charge in [-0.3, -0.25) is 0 Å². The second kappa shape index (κ2) is 9.18. The second-order valence-electron chi connectivity index (χ2n) is 8.36. The van der Waals surface area contributed by atoms with Crippen LogP contribution in [0.3, 0.4) is 0 Å². The molecule has 0 unspecified atom stereocenters. The number of allylic oxidation sites excluding steroid dienone is 4. The number of aryl methyl sites for hydroxylation is 1. The molecule has 31 heavy (non-hydrogen) atoms. The molecule has 0 aliphatic carbocycles. The molecule has 0 N–H and O–H groups in total. The summed E-state index contributed by atoms with van der Waals surface area (Å²) in [6, 6.07) is 30.9. The van der Waals surface area contributed by atoms with Crippen molar-refractivity contribution in [2.45, 2.75) is 34.1 Å². The molecule has 0 spiro atoms. The van der Waals surface area contributed by atoms with Crippen LogP contribution in [0, 0.1) is 6.92 Å². The van der Waals surface area contributed by atoms with E-state index in [0.29, 0.717) is 0 Å². The largest absolute Gasteiger partial charge is 0.0842 e. The highest BCUT2D eigenvalue weighted by Crippen LogP contribution is 2.34. The molecule has 0 saturated heterocycles. The minimum absolute atomic E-state index is 1.04. The highest BCUT2D eigenvalue weighted by molar-refractivity contribution is 5.99. The van der Waals surface area contributed by atoms with Crippen molar-refractivity contribution < 1.29 is 0 Å². The van der Waals surface area contributed by atoms with Crippen molar-refractivity contribution in [1.29, 1.82) is 0 Å². The Bertz CT molecular complexity index is 1270. The van der Waals surface area contributed by atoms with Gasteiger partial charge in [0.25, 0.3) is 0 Å². The molecule has 154 valence electrons. The van der Waals surface area contributed by atoms with E-state index in [-0.39, 0.29) is 0 Å². The third-order valence-electron chi connectivity index (χ3n) is 5.89. The molecule has 4 aromatic carbocycles. The lowest BCUT2D eigenvalue weighted by Gasteiger charge is -2.14. The van der Waals surface area contributed by atoms with Crippen molar-refractivity contribution in [2.75, 3.05) is 0 Å². The zero-order chi connectivity index (χ0) is 21.8. The molecule has 0 aromatic heterocycles. The molecular weight excluding hydrogens is 372 g/mol. The van der Waals surface area contributed by atoms with E-state index >= 15 is 0 Å². The van der Waals surface area contributed by atoms with Crippen LogP contribution in [-0.2, 0) is 0 Å². The van der Waals surface area contributed by atoms with Gasteiger partial charge >= 0.3 is 0 Å². The van der Waals surface area contributed by atoms with Gasteiger partial charge in [-0.25, -0.2) is 0 Å². The van der Waals surface area contributed by atoms with Crippen LogP contribution < -0.4 is 0 Å². The molecule has 4 aromatic rings. The predicted molar refractivity (Wildman–Crippen MR) is 137 cm³/mol. The summed E-state index contributed by atoms with van der Waals surface area (Å²) in [5, 5.41) is 2.56. The molecule has 4 rings (SSSR count). The minimum Gasteiger partial charge on any atom is -0.0842 e. The normalized spacial score (nSPS) is 11.2. The third kappa shape index (κ3) is 4.39. The van der Waals surface area contributed by atoms with Crippen LogP contribution in [0.1, 0.15) is 38.3 Å². The molecular formula is C31H30. The quantitative estimate of drug-likeness (QED) is 0.292. The highest BCUT2D eigenvalue weighted by Gasteiger charge is 2.10. The second-order valence-corrected chi connectivity index (χ2v) is 8.36. The summed E-state index contributed by atoms with van der Waals surface area (Å²) in [7, 11) is 0. The van der Waals surface area contributed by atoms with Gasteiger partial charge in [0.2, 0.25) is 0 Å². The zero-order valence-electron chi connectivity index (χ0n) is 18.9. The number of hydrogen-bond acceptors (Lipinski definition) is 0. The van der Waals surface area contributed by atoms with Crippen LogP contribution in [0.2, 0.25) is 0 Å². The van der Waals surface area contributed by atoms with Crippen LogP contribution in [0.15, 0.2) is 103 Å². The smallest absolute Gasteiger partial charge is 0.0105 e. The van der Waals surface area contributed by atoms with E-state index in [2.05, 4.69) is 125 Å². The minimum atomic E-state index is 1.04. The Labute approximate surface area is 186 Å². The van der Waals surface area contributed by atoms with Gasteiger partial charge in [-0.05, 0) is 89.1 Å². The average molecular weight is 403 g/mol. The molecule has 0 amide bonds. The SMILES string of the molecule is CC/C=C\C(=C(C)C)c1cc(-c2cccc3cc(-c4ccccc4)ccc23)ccc1C. The Morgan fingerprint density at radius 1 is 0.742 bits per heavy atom. The Balaban J connectivity index is 1.84. The number of rotatable bonds is 5. The van der Waals surface area contributed by atoms with E-state index in [1.165, 1.54) is 55.3 Å². The van der Waals surface area contributed by atoms with Gasteiger partial charge in [0.1, 0.15) is 0 Å². The first-order valence-corrected chi connectivity index (χ1v) is 11.1. The fraction of sp³-hybridized carbons (Fsp3) is 0.161. The summed E-state index contributed by atoms with van der Waals surface area (Å²) in [6.07, 6.45) is 5.57. The highest BCUT2D eigenvalue weighted by atomic mass is 14.1. The van der Waals surface area contributed by atoms with Crippen molar-refractivity contribution in [2.24, 2.45) is 0 Å².